The molecule has 0 spiro atoms. The molecule has 0 heterocycles. The third kappa shape index (κ3) is 3.06. The lowest BCUT2D eigenvalue weighted by molar-refractivity contribution is -0.154. The maximum Gasteiger partial charge on any atom is 0.337 e. The van der Waals surface area contributed by atoms with Gasteiger partial charge >= 0.3 is 11.9 Å². The van der Waals surface area contributed by atoms with Crippen molar-refractivity contribution in [1.29, 1.82) is 0 Å². The lowest BCUT2D eigenvalue weighted by Crippen LogP contribution is -2.30. The zero-order valence-corrected chi connectivity index (χ0v) is 11.5. The van der Waals surface area contributed by atoms with Crippen molar-refractivity contribution >= 4 is 11.9 Å². The van der Waals surface area contributed by atoms with E-state index < -0.39 is 11.9 Å². The Morgan fingerprint density at radius 3 is 2.32 bits per heavy atom. The Labute approximate surface area is 113 Å². The van der Waals surface area contributed by atoms with Gasteiger partial charge in [-0.15, -0.1) is 0 Å². The first kappa shape index (κ1) is 13.8. The summed E-state index contributed by atoms with van der Waals surface area (Å²) in [5.74, 6) is -0.206. The Kier molecular flexibility index (Phi) is 3.78. The summed E-state index contributed by atoms with van der Waals surface area (Å²) < 4.78 is 10.4. The van der Waals surface area contributed by atoms with Gasteiger partial charge in [-0.05, 0) is 51.9 Å². The first-order chi connectivity index (χ1) is 8.92. The van der Waals surface area contributed by atoms with E-state index in [2.05, 4.69) is 6.58 Å². The van der Waals surface area contributed by atoms with E-state index >= 15 is 0 Å². The molecule has 0 aliphatic heterocycles. The fourth-order valence-corrected chi connectivity index (χ4v) is 2.85. The quantitative estimate of drug-likeness (QED) is 0.445. The maximum atomic E-state index is 12.0. The Hall–Kier alpha value is -1.58. The van der Waals surface area contributed by atoms with Crippen LogP contribution in [0.4, 0.5) is 0 Å². The summed E-state index contributed by atoms with van der Waals surface area (Å²) in [6, 6.07) is 0. The van der Waals surface area contributed by atoms with Crippen molar-refractivity contribution in [1.82, 2.24) is 0 Å². The maximum absolute atomic E-state index is 12.0. The number of hydrogen-bond donors (Lipinski definition) is 0. The molecule has 0 amide bonds. The molecule has 2 fully saturated rings. The van der Waals surface area contributed by atoms with Crippen LogP contribution in [0.3, 0.4) is 0 Å². The molecule has 0 aromatic rings. The summed E-state index contributed by atoms with van der Waals surface area (Å²) in [6.07, 6.45) is 6.36. The van der Waals surface area contributed by atoms with Crippen LogP contribution in [0, 0.1) is 5.92 Å². The van der Waals surface area contributed by atoms with Crippen LogP contribution in [0.15, 0.2) is 24.0 Å². The standard InChI is InChI=1S/C15H20O4/c1-10(2)13(16)18-9-11(3)14(17)19-15-6-4-12(8-15)5-7-15/h9,12H,1,4-8H2,2-3H3/b11-9+. The second kappa shape index (κ2) is 5.19. The van der Waals surface area contributed by atoms with Crippen molar-refractivity contribution < 1.29 is 19.1 Å². The minimum absolute atomic E-state index is 0.255. The zero-order valence-electron chi connectivity index (χ0n) is 11.5. The molecular weight excluding hydrogens is 244 g/mol. The molecule has 104 valence electrons. The van der Waals surface area contributed by atoms with Crippen LogP contribution in [0.5, 0.6) is 0 Å². The number of ether oxygens (including phenoxy) is 2. The van der Waals surface area contributed by atoms with Gasteiger partial charge in [-0.25, -0.2) is 9.59 Å². The molecule has 0 aromatic heterocycles. The van der Waals surface area contributed by atoms with Crippen LogP contribution < -0.4 is 0 Å². The van der Waals surface area contributed by atoms with Gasteiger partial charge in [0.1, 0.15) is 11.9 Å². The smallest absolute Gasteiger partial charge is 0.337 e. The molecule has 2 aliphatic carbocycles. The second-order valence-electron chi connectivity index (χ2n) is 5.71. The predicted octanol–water partition coefficient (Wildman–Crippen LogP) is 2.89. The summed E-state index contributed by atoms with van der Waals surface area (Å²) in [5, 5.41) is 0. The van der Waals surface area contributed by atoms with Crippen LogP contribution in [-0.2, 0) is 19.1 Å². The van der Waals surface area contributed by atoms with Gasteiger partial charge in [-0.3, -0.25) is 0 Å². The predicted molar refractivity (Wildman–Crippen MR) is 70.1 cm³/mol. The monoisotopic (exact) mass is 264 g/mol. The second-order valence-corrected chi connectivity index (χ2v) is 5.71. The fraction of sp³-hybridized carbons (Fsp3) is 0.600. The molecule has 2 saturated carbocycles. The highest BCUT2D eigenvalue weighted by Gasteiger charge is 2.47. The van der Waals surface area contributed by atoms with Crippen molar-refractivity contribution in [2.75, 3.05) is 0 Å². The van der Waals surface area contributed by atoms with Gasteiger partial charge in [0.2, 0.25) is 0 Å². The Morgan fingerprint density at radius 1 is 1.21 bits per heavy atom. The number of rotatable bonds is 4. The summed E-state index contributed by atoms with van der Waals surface area (Å²) in [7, 11) is 0. The van der Waals surface area contributed by atoms with Gasteiger partial charge in [0.05, 0.1) is 5.57 Å². The molecule has 0 N–H and O–H groups in total. The van der Waals surface area contributed by atoms with Crippen molar-refractivity contribution in [3.63, 3.8) is 0 Å². The van der Waals surface area contributed by atoms with Gasteiger partial charge in [-0.2, -0.15) is 0 Å². The summed E-state index contributed by atoms with van der Waals surface area (Å²) in [5.41, 5.74) is 0.347. The number of hydrogen-bond acceptors (Lipinski definition) is 4. The number of carbonyl (C=O) groups is 2. The van der Waals surface area contributed by atoms with Gasteiger partial charge in [0, 0.05) is 5.57 Å². The average molecular weight is 264 g/mol. The number of esters is 2. The Bertz CT molecular complexity index is 439. The first-order valence-electron chi connectivity index (χ1n) is 6.68. The van der Waals surface area contributed by atoms with E-state index in [0.29, 0.717) is 11.1 Å². The first-order valence-corrected chi connectivity index (χ1v) is 6.68. The Balaban J connectivity index is 1.90. The summed E-state index contributed by atoms with van der Waals surface area (Å²) in [6.45, 7) is 6.62. The van der Waals surface area contributed by atoms with E-state index in [9.17, 15) is 9.59 Å². The largest absolute Gasteiger partial charge is 0.456 e. The topological polar surface area (TPSA) is 52.6 Å². The molecule has 0 saturated heterocycles. The van der Waals surface area contributed by atoms with E-state index in [1.165, 1.54) is 0 Å². The molecule has 2 bridgehead atoms. The highest BCUT2D eigenvalue weighted by atomic mass is 16.6. The average Bonchev–Trinajstić information content (AvgIpc) is 2.94. The van der Waals surface area contributed by atoms with Crippen molar-refractivity contribution in [3.8, 4) is 0 Å². The van der Waals surface area contributed by atoms with Gasteiger partial charge in [-0.1, -0.05) is 6.58 Å². The van der Waals surface area contributed by atoms with Crippen molar-refractivity contribution in [2.45, 2.75) is 51.6 Å². The molecule has 0 radical (unpaired) electrons. The van der Waals surface area contributed by atoms with E-state index in [0.717, 1.165) is 44.3 Å². The molecule has 0 unspecified atom stereocenters. The van der Waals surface area contributed by atoms with Crippen LogP contribution in [0.25, 0.3) is 0 Å². The van der Waals surface area contributed by atoms with Crippen molar-refractivity contribution in [3.05, 3.63) is 24.0 Å². The molecule has 0 aromatic carbocycles. The van der Waals surface area contributed by atoms with E-state index in [1.54, 1.807) is 13.8 Å². The third-order valence-corrected chi connectivity index (χ3v) is 4.00. The molecule has 4 nitrogen and oxygen atoms in total. The summed E-state index contributed by atoms with van der Waals surface area (Å²) >= 11 is 0. The molecule has 19 heavy (non-hydrogen) atoms. The highest BCUT2D eigenvalue weighted by molar-refractivity contribution is 5.90. The molecular formula is C15H20O4. The van der Waals surface area contributed by atoms with E-state index in [4.69, 9.17) is 9.47 Å². The third-order valence-electron chi connectivity index (χ3n) is 4.00. The normalized spacial score (nSPS) is 29.2. The minimum Gasteiger partial charge on any atom is -0.456 e. The van der Waals surface area contributed by atoms with Crippen LogP contribution in [-0.4, -0.2) is 17.5 Å². The van der Waals surface area contributed by atoms with Gasteiger partial charge in [0.15, 0.2) is 0 Å². The van der Waals surface area contributed by atoms with Crippen LogP contribution >= 0.6 is 0 Å². The van der Waals surface area contributed by atoms with Crippen LogP contribution in [0.2, 0.25) is 0 Å². The van der Waals surface area contributed by atoms with E-state index in [1.807, 2.05) is 0 Å². The van der Waals surface area contributed by atoms with Gasteiger partial charge < -0.3 is 9.47 Å². The van der Waals surface area contributed by atoms with Crippen LogP contribution in [0.1, 0.15) is 46.0 Å². The molecule has 0 atom stereocenters. The lowest BCUT2D eigenvalue weighted by atomic mass is 9.97. The molecule has 2 rings (SSSR count). The number of carbonyl (C=O) groups excluding carboxylic acids is 2. The van der Waals surface area contributed by atoms with Crippen molar-refractivity contribution in [2.24, 2.45) is 5.92 Å². The molecule has 4 heteroatoms. The highest BCUT2D eigenvalue weighted by Crippen LogP contribution is 2.50. The van der Waals surface area contributed by atoms with E-state index in [-0.39, 0.29) is 5.60 Å². The SMILES string of the molecule is C=C(C)C(=O)O/C=C(\C)C(=O)OC12CCC(CC1)C2. The van der Waals surface area contributed by atoms with Gasteiger partial charge in [0.25, 0.3) is 0 Å². The molecule has 2 aliphatic rings. The minimum atomic E-state index is -0.535. The summed E-state index contributed by atoms with van der Waals surface area (Å²) in [4.78, 5) is 23.2. The Morgan fingerprint density at radius 2 is 1.84 bits per heavy atom. The fourth-order valence-electron chi connectivity index (χ4n) is 2.85. The number of fused-ring (bicyclic) bond motifs is 2. The zero-order chi connectivity index (χ0) is 14.0. The lowest BCUT2D eigenvalue weighted by Gasteiger charge is -2.26.